The molecule has 1 N–H and O–H groups in total. The maximum atomic E-state index is 6.10. The Morgan fingerprint density at radius 2 is 2.20 bits per heavy atom. The van der Waals surface area contributed by atoms with Crippen molar-refractivity contribution < 1.29 is 9.47 Å². The summed E-state index contributed by atoms with van der Waals surface area (Å²) < 4.78 is 11.5. The van der Waals surface area contributed by atoms with E-state index in [9.17, 15) is 0 Å². The maximum absolute atomic E-state index is 6.10. The minimum absolute atomic E-state index is 0.0630. The van der Waals surface area contributed by atoms with E-state index in [-0.39, 0.29) is 11.6 Å². The van der Waals surface area contributed by atoms with Gasteiger partial charge in [-0.25, -0.2) is 0 Å². The summed E-state index contributed by atoms with van der Waals surface area (Å²) in [6.45, 7) is 8.70. The Bertz CT molecular complexity index is 437. The van der Waals surface area contributed by atoms with Gasteiger partial charge in [0.1, 0.15) is 11.9 Å². The quantitative estimate of drug-likeness (QED) is 0.917. The number of nitrogens with one attached hydrogen (secondary N) is 1. The van der Waals surface area contributed by atoms with Crippen LogP contribution in [0.2, 0.25) is 5.02 Å². The molecule has 0 amide bonds. The number of ether oxygens (including phenoxy) is 2. The summed E-state index contributed by atoms with van der Waals surface area (Å²) in [4.78, 5) is 0. The lowest BCUT2D eigenvalue weighted by atomic mass is 10.1. The lowest BCUT2D eigenvalue weighted by molar-refractivity contribution is 0.00697. The van der Waals surface area contributed by atoms with Gasteiger partial charge < -0.3 is 14.8 Å². The van der Waals surface area contributed by atoms with Crippen LogP contribution in [-0.2, 0) is 11.3 Å². The van der Waals surface area contributed by atoms with Gasteiger partial charge in [0.05, 0.1) is 6.61 Å². The molecule has 1 aliphatic rings. The van der Waals surface area contributed by atoms with Crippen LogP contribution in [0.15, 0.2) is 18.2 Å². The van der Waals surface area contributed by atoms with Gasteiger partial charge in [-0.15, -0.1) is 0 Å². The summed E-state index contributed by atoms with van der Waals surface area (Å²) >= 11 is 6.10. The molecule has 0 aromatic heterocycles. The fourth-order valence-electron chi connectivity index (χ4n) is 2.15. The molecular formula is C16H24ClNO2. The van der Waals surface area contributed by atoms with E-state index in [1.807, 2.05) is 18.2 Å². The van der Waals surface area contributed by atoms with E-state index in [0.717, 1.165) is 42.3 Å². The topological polar surface area (TPSA) is 30.5 Å². The Hall–Kier alpha value is -0.770. The summed E-state index contributed by atoms with van der Waals surface area (Å²) in [5.74, 6) is 0.904. The van der Waals surface area contributed by atoms with Gasteiger partial charge in [0.2, 0.25) is 0 Å². The summed E-state index contributed by atoms with van der Waals surface area (Å²) in [5.41, 5.74) is 1.16. The number of hydrogen-bond donors (Lipinski definition) is 1. The maximum Gasteiger partial charge on any atom is 0.124 e. The van der Waals surface area contributed by atoms with Crippen molar-refractivity contribution in [2.24, 2.45) is 0 Å². The van der Waals surface area contributed by atoms with E-state index in [1.54, 1.807) is 0 Å². The fraction of sp³-hybridized carbons (Fsp3) is 0.625. The van der Waals surface area contributed by atoms with Gasteiger partial charge in [-0.3, -0.25) is 0 Å². The number of hydrogen-bond acceptors (Lipinski definition) is 3. The summed E-state index contributed by atoms with van der Waals surface area (Å²) in [5, 5.41) is 4.21. The molecule has 0 bridgehead atoms. The first-order valence-electron chi connectivity index (χ1n) is 7.22. The molecule has 2 rings (SSSR count). The third-order valence-electron chi connectivity index (χ3n) is 3.24. The molecular weight excluding hydrogens is 274 g/mol. The van der Waals surface area contributed by atoms with Crippen LogP contribution in [0.5, 0.6) is 5.75 Å². The van der Waals surface area contributed by atoms with Gasteiger partial charge in [0.15, 0.2) is 0 Å². The van der Waals surface area contributed by atoms with Crippen LogP contribution in [0.25, 0.3) is 0 Å². The molecule has 112 valence electrons. The Labute approximate surface area is 126 Å². The van der Waals surface area contributed by atoms with Crippen molar-refractivity contribution in [3.05, 3.63) is 28.8 Å². The number of halogens is 1. The molecule has 1 aromatic rings. The molecule has 0 aliphatic carbocycles. The van der Waals surface area contributed by atoms with Gasteiger partial charge in [-0.2, -0.15) is 0 Å². The van der Waals surface area contributed by atoms with Crippen molar-refractivity contribution >= 4 is 11.6 Å². The van der Waals surface area contributed by atoms with E-state index in [4.69, 9.17) is 21.1 Å². The highest BCUT2D eigenvalue weighted by Crippen LogP contribution is 2.26. The normalized spacial score (nSPS) is 19.9. The molecule has 1 unspecified atom stereocenters. The minimum Gasteiger partial charge on any atom is -0.488 e. The molecule has 1 fully saturated rings. The zero-order valence-corrected chi connectivity index (χ0v) is 13.3. The predicted octanol–water partition coefficient (Wildman–Crippen LogP) is 3.79. The minimum atomic E-state index is 0.0630. The van der Waals surface area contributed by atoms with E-state index < -0.39 is 0 Å². The molecule has 20 heavy (non-hydrogen) atoms. The van der Waals surface area contributed by atoms with Crippen LogP contribution < -0.4 is 10.1 Å². The lowest BCUT2D eigenvalue weighted by Crippen LogP contribution is -2.35. The summed E-state index contributed by atoms with van der Waals surface area (Å²) in [7, 11) is 0. The average Bonchev–Trinajstić information content (AvgIpc) is 2.39. The lowest BCUT2D eigenvalue weighted by Gasteiger charge is -2.26. The van der Waals surface area contributed by atoms with Crippen LogP contribution in [0.1, 0.15) is 39.2 Å². The first-order chi connectivity index (χ1) is 9.44. The standard InChI is InChI=1S/C16H24ClNO2/c1-16(2,3)18-10-12-9-13(17)6-7-15(12)20-14-5-4-8-19-11-14/h6-7,9,14,18H,4-5,8,10-11H2,1-3H3. The molecule has 1 heterocycles. The number of rotatable bonds is 4. The van der Waals surface area contributed by atoms with Crippen molar-refractivity contribution in [3.8, 4) is 5.75 Å². The SMILES string of the molecule is CC(C)(C)NCc1cc(Cl)ccc1OC1CCCOC1. The zero-order valence-electron chi connectivity index (χ0n) is 12.5. The second-order valence-electron chi connectivity index (χ2n) is 6.31. The summed E-state index contributed by atoms with van der Waals surface area (Å²) in [6, 6.07) is 5.80. The van der Waals surface area contributed by atoms with Crippen molar-refractivity contribution in [2.75, 3.05) is 13.2 Å². The van der Waals surface area contributed by atoms with Gasteiger partial charge in [-0.05, 0) is 51.8 Å². The third-order valence-corrected chi connectivity index (χ3v) is 3.48. The van der Waals surface area contributed by atoms with Gasteiger partial charge in [-0.1, -0.05) is 11.6 Å². The second-order valence-corrected chi connectivity index (χ2v) is 6.75. The van der Waals surface area contributed by atoms with Crippen LogP contribution >= 0.6 is 11.6 Å². The Morgan fingerprint density at radius 3 is 2.85 bits per heavy atom. The predicted molar refractivity (Wildman–Crippen MR) is 82.5 cm³/mol. The first kappa shape index (κ1) is 15.6. The molecule has 0 spiro atoms. The Balaban J connectivity index is 2.06. The highest BCUT2D eigenvalue weighted by molar-refractivity contribution is 6.30. The summed E-state index contributed by atoms with van der Waals surface area (Å²) in [6.07, 6.45) is 2.26. The Kier molecular flexibility index (Phi) is 5.30. The highest BCUT2D eigenvalue weighted by atomic mass is 35.5. The van der Waals surface area contributed by atoms with Crippen LogP contribution in [-0.4, -0.2) is 24.9 Å². The molecule has 1 saturated heterocycles. The molecule has 4 heteroatoms. The second kappa shape index (κ2) is 6.79. The van der Waals surface area contributed by atoms with E-state index >= 15 is 0 Å². The van der Waals surface area contributed by atoms with Crippen molar-refractivity contribution in [3.63, 3.8) is 0 Å². The van der Waals surface area contributed by atoms with Gasteiger partial charge >= 0.3 is 0 Å². The van der Waals surface area contributed by atoms with E-state index in [0.29, 0.717) is 6.61 Å². The van der Waals surface area contributed by atoms with Crippen LogP contribution in [0.4, 0.5) is 0 Å². The fourth-order valence-corrected chi connectivity index (χ4v) is 2.34. The molecule has 3 nitrogen and oxygen atoms in total. The van der Waals surface area contributed by atoms with Gasteiger partial charge in [0.25, 0.3) is 0 Å². The highest BCUT2D eigenvalue weighted by Gasteiger charge is 2.18. The smallest absolute Gasteiger partial charge is 0.124 e. The molecule has 1 aliphatic heterocycles. The van der Waals surface area contributed by atoms with E-state index in [2.05, 4.69) is 26.1 Å². The third kappa shape index (κ3) is 4.97. The molecule has 0 saturated carbocycles. The largest absolute Gasteiger partial charge is 0.488 e. The van der Waals surface area contributed by atoms with Crippen LogP contribution in [0, 0.1) is 0 Å². The number of benzene rings is 1. The zero-order chi connectivity index (χ0) is 14.6. The van der Waals surface area contributed by atoms with Gasteiger partial charge in [0, 0.05) is 29.3 Å². The van der Waals surface area contributed by atoms with Crippen molar-refractivity contribution in [1.82, 2.24) is 5.32 Å². The monoisotopic (exact) mass is 297 g/mol. The molecule has 1 aromatic carbocycles. The van der Waals surface area contributed by atoms with Crippen molar-refractivity contribution in [2.45, 2.75) is 51.8 Å². The Morgan fingerprint density at radius 1 is 1.40 bits per heavy atom. The molecule has 0 radical (unpaired) electrons. The van der Waals surface area contributed by atoms with Crippen molar-refractivity contribution in [1.29, 1.82) is 0 Å². The molecule has 1 atom stereocenters. The van der Waals surface area contributed by atoms with E-state index in [1.165, 1.54) is 0 Å². The average molecular weight is 298 g/mol. The first-order valence-corrected chi connectivity index (χ1v) is 7.60. The van der Waals surface area contributed by atoms with Crippen LogP contribution in [0.3, 0.4) is 0 Å².